The first-order valence-corrected chi connectivity index (χ1v) is 8.16. The first-order chi connectivity index (χ1) is 12.6. The number of imide groups is 1. The molecule has 0 bridgehead atoms. The normalized spacial score (nSPS) is 15.6. The first-order valence-electron chi connectivity index (χ1n) is 8.16. The minimum atomic E-state index is -0.897. The van der Waals surface area contributed by atoms with Gasteiger partial charge in [0, 0.05) is 5.92 Å². The number of nitrogens with one attached hydrogen (secondary N) is 1. The molecule has 0 saturated heterocycles. The monoisotopic (exact) mass is 350 g/mol. The second kappa shape index (κ2) is 6.11. The number of para-hydroxylation sites is 1. The van der Waals surface area contributed by atoms with E-state index in [-0.39, 0.29) is 34.2 Å². The Morgan fingerprint density at radius 3 is 2.12 bits per heavy atom. The van der Waals surface area contributed by atoms with Gasteiger partial charge in [0.2, 0.25) is 5.91 Å². The van der Waals surface area contributed by atoms with Gasteiger partial charge < -0.3 is 10.2 Å². The second-order valence-electron chi connectivity index (χ2n) is 6.14. The lowest BCUT2D eigenvalue weighted by Gasteiger charge is -2.15. The number of hydrogen-bond donors (Lipinski definition) is 1. The Labute approximate surface area is 148 Å². The number of hydrogen-bond acceptors (Lipinski definition) is 5. The molecule has 2 aliphatic rings. The van der Waals surface area contributed by atoms with Crippen LogP contribution in [-0.4, -0.2) is 28.8 Å². The summed E-state index contributed by atoms with van der Waals surface area (Å²) in [6.07, 6.45) is 1.65. The van der Waals surface area contributed by atoms with E-state index in [9.17, 15) is 19.2 Å². The Bertz CT molecular complexity index is 913. The van der Waals surface area contributed by atoms with Gasteiger partial charge in [-0.2, -0.15) is 0 Å². The first kappa shape index (κ1) is 16.0. The molecule has 1 heterocycles. The molecular formula is C19H14N2O5. The molecule has 7 heteroatoms. The third kappa shape index (κ3) is 2.73. The summed E-state index contributed by atoms with van der Waals surface area (Å²) < 4.78 is 0. The van der Waals surface area contributed by atoms with Crippen molar-refractivity contribution in [1.29, 1.82) is 0 Å². The highest BCUT2D eigenvalue weighted by Gasteiger charge is 2.39. The molecule has 0 aromatic heterocycles. The molecule has 1 aliphatic heterocycles. The zero-order valence-corrected chi connectivity index (χ0v) is 13.6. The molecule has 2 aromatic carbocycles. The zero-order chi connectivity index (χ0) is 18.3. The Hall–Kier alpha value is -3.48. The van der Waals surface area contributed by atoms with Crippen molar-refractivity contribution in [2.24, 2.45) is 5.92 Å². The number of benzene rings is 2. The van der Waals surface area contributed by atoms with Crippen LogP contribution in [0.3, 0.4) is 0 Å². The molecule has 3 amide bonds. The van der Waals surface area contributed by atoms with Crippen molar-refractivity contribution in [2.45, 2.75) is 12.8 Å². The quantitative estimate of drug-likeness (QED) is 0.855. The van der Waals surface area contributed by atoms with Gasteiger partial charge in [0.15, 0.2) is 0 Å². The minimum absolute atomic E-state index is 0.0321. The molecule has 2 aromatic rings. The van der Waals surface area contributed by atoms with Crippen LogP contribution < -0.4 is 5.32 Å². The molecular weight excluding hydrogens is 336 g/mol. The molecule has 7 nitrogen and oxygen atoms in total. The van der Waals surface area contributed by atoms with E-state index in [0.717, 1.165) is 12.8 Å². The Balaban J connectivity index is 1.55. The Kier molecular flexibility index (Phi) is 3.76. The smallest absolute Gasteiger partial charge is 0.325 e. The average Bonchev–Trinajstić information content (AvgIpc) is 3.47. The van der Waals surface area contributed by atoms with Gasteiger partial charge in [-0.15, -0.1) is 0 Å². The van der Waals surface area contributed by atoms with Crippen molar-refractivity contribution >= 4 is 29.4 Å². The van der Waals surface area contributed by atoms with Crippen LogP contribution in [0.1, 0.15) is 43.9 Å². The van der Waals surface area contributed by atoms with Crippen LogP contribution in [0.5, 0.6) is 0 Å². The fourth-order valence-corrected chi connectivity index (χ4v) is 2.73. The summed E-state index contributed by atoms with van der Waals surface area (Å²) in [5.74, 6) is -2.48. The van der Waals surface area contributed by atoms with Crippen LogP contribution in [0.2, 0.25) is 0 Å². The number of anilines is 1. The number of amides is 3. The van der Waals surface area contributed by atoms with Crippen LogP contribution in [0, 0.1) is 5.92 Å². The van der Waals surface area contributed by atoms with Crippen molar-refractivity contribution in [3.63, 3.8) is 0 Å². The van der Waals surface area contributed by atoms with Crippen molar-refractivity contribution in [3.05, 3.63) is 65.2 Å². The van der Waals surface area contributed by atoms with Crippen LogP contribution in [0.4, 0.5) is 5.69 Å². The molecule has 0 radical (unpaired) electrons. The Morgan fingerprint density at radius 1 is 0.923 bits per heavy atom. The van der Waals surface area contributed by atoms with Gasteiger partial charge in [0.1, 0.15) is 0 Å². The van der Waals surface area contributed by atoms with Gasteiger partial charge in [-0.1, -0.05) is 29.3 Å². The maximum absolute atomic E-state index is 12.5. The molecule has 130 valence electrons. The average molecular weight is 350 g/mol. The van der Waals surface area contributed by atoms with Gasteiger partial charge >= 0.3 is 5.97 Å². The number of nitrogens with zero attached hydrogens (tertiary/aromatic N) is 1. The fraction of sp³-hybridized carbons (Fsp3) is 0.158. The standard InChI is InChI=1S/C19H14N2O5/c22-16(11-9-10-11)20-15-8-4-3-7-14(15)19(25)26-21-17(23)12-5-1-2-6-13(12)18(21)24/h1-8,11H,9-10H2,(H,20,22). The van der Waals surface area contributed by atoms with Crippen molar-refractivity contribution in [1.82, 2.24) is 5.06 Å². The SMILES string of the molecule is O=C(ON1C(=O)c2ccccc2C1=O)c1ccccc1NC(=O)C1CC1. The summed E-state index contributed by atoms with van der Waals surface area (Å²) in [5.41, 5.74) is 0.713. The summed E-state index contributed by atoms with van der Waals surface area (Å²) in [6, 6.07) is 12.5. The maximum atomic E-state index is 12.5. The number of rotatable bonds is 4. The lowest BCUT2D eigenvalue weighted by Crippen LogP contribution is -2.33. The lowest BCUT2D eigenvalue weighted by atomic mass is 10.1. The van der Waals surface area contributed by atoms with Gasteiger partial charge in [-0.3, -0.25) is 14.4 Å². The van der Waals surface area contributed by atoms with Crippen molar-refractivity contribution in [3.8, 4) is 0 Å². The van der Waals surface area contributed by atoms with Crippen molar-refractivity contribution < 1.29 is 24.0 Å². The topological polar surface area (TPSA) is 92.8 Å². The van der Waals surface area contributed by atoms with Crippen molar-refractivity contribution in [2.75, 3.05) is 5.32 Å². The van der Waals surface area contributed by atoms with E-state index in [1.54, 1.807) is 30.3 Å². The number of hydroxylamine groups is 2. The third-order valence-corrected chi connectivity index (χ3v) is 4.28. The molecule has 1 N–H and O–H groups in total. The summed E-state index contributed by atoms with van der Waals surface area (Å²) in [6.45, 7) is 0. The second-order valence-corrected chi connectivity index (χ2v) is 6.14. The molecule has 26 heavy (non-hydrogen) atoms. The molecule has 0 spiro atoms. The highest BCUT2D eigenvalue weighted by molar-refractivity contribution is 6.21. The van der Waals surface area contributed by atoms with E-state index in [0.29, 0.717) is 5.06 Å². The predicted molar refractivity (Wildman–Crippen MR) is 90.2 cm³/mol. The summed E-state index contributed by atoms with van der Waals surface area (Å²) in [5, 5.41) is 3.14. The van der Waals surface area contributed by atoms with Gasteiger partial charge in [-0.05, 0) is 37.1 Å². The molecule has 0 unspecified atom stereocenters. The summed E-state index contributed by atoms with van der Waals surface area (Å²) in [4.78, 5) is 54.1. The molecule has 0 atom stereocenters. The van der Waals surface area contributed by atoms with Gasteiger partial charge in [-0.25, -0.2) is 4.79 Å². The molecule has 1 saturated carbocycles. The zero-order valence-electron chi connectivity index (χ0n) is 13.6. The van der Waals surface area contributed by atoms with E-state index in [2.05, 4.69) is 5.32 Å². The highest BCUT2D eigenvalue weighted by Crippen LogP contribution is 2.31. The van der Waals surface area contributed by atoms with E-state index >= 15 is 0 Å². The van der Waals surface area contributed by atoms with E-state index < -0.39 is 17.8 Å². The molecule has 1 aliphatic carbocycles. The lowest BCUT2D eigenvalue weighted by molar-refractivity contribution is -0.117. The van der Waals surface area contributed by atoms with E-state index in [4.69, 9.17) is 4.84 Å². The summed E-state index contributed by atoms with van der Waals surface area (Å²) >= 11 is 0. The maximum Gasteiger partial charge on any atom is 0.366 e. The number of carbonyl (C=O) groups excluding carboxylic acids is 4. The number of fused-ring (bicyclic) bond motifs is 1. The minimum Gasteiger partial charge on any atom is -0.325 e. The highest BCUT2D eigenvalue weighted by atomic mass is 16.7. The fourth-order valence-electron chi connectivity index (χ4n) is 2.73. The van der Waals surface area contributed by atoms with Crippen LogP contribution in [0.25, 0.3) is 0 Å². The Morgan fingerprint density at radius 2 is 1.50 bits per heavy atom. The van der Waals surface area contributed by atoms with E-state index in [1.165, 1.54) is 18.2 Å². The largest absolute Gasteiger partial charge is 0.366 e. The van der Waals surface area contributed by atoms with Gasteiger partial charge in [0.25, 0.3) is 11.8 Å². The van der Waals surface area contributed by atoms with Crippen LogP contribution >= 0.6 is 0 Å². The number of carbonyl (C=O) groups is 4. The third-order valence-electron chi connectivity index (χ3n) is 4.28. The summed E-state index contributed by atoms with van der Waals surface area (Å²) in [7, 11) is 0. The van der Waals surface area contributed by atoms with Gasteiger partial charge in [0.05, 0.1) is 22.4 Å². The molecule has 1 fully saturated rings. The van der Waals surface area contributed by atoms with Crippen LogP contribution in [0.15, 0.2) is 48.5 Å². The molecule has 4 rings (SSSR count). The predicted octanol–water partition coefficient (Wildman–Crippen LogP) is 2.40. The van der Waals surface area contributed by atoms with Crippen LogP contribution in [-0.2, 0) is 9.63 Å². The van der Waals surface area contributed by atoms with E-state index in [1.807, 2.05) is 0 Å².